The minimum absolute atomic E-state index is 0.187. The Hall–Kier alpha value is -2.60. The topological polar surface area (TPSA) is 83.8 Å². The molecule has 3 aromatic rings. The normalized spacial score (nSPS) is 12.7. The van der Waals surface area contributed by atoms with Gasteiger partial charge in [0.2, 0.25) is 0 Å². The zero-order chi connectivity index (χ0) is 18.0. The summed E-state index contributed by atoms with van der Waals surface area (Å²) in [6.07, 6.45) is 1.32. The van der Waals surface area contributed by atoms with Gasteiger partial charge in [-0.05, 0) is 36.2 Å². The third-order valence-electron chi connectivity index (χ3n) is 4.30. The number of carbonyl (C=O) groups is 1. The molecule has 0 saturated carbocycles. The second kappa shape index (κ2) is 7.11. The summed E-state index contributed by atoms with van der Waals surface area (Å²) in [4.78, 5) is 26.4. The maximum atomic E-state index is 12.4. The number of nitrogens with zero attached hydrogens (tertiary/aromatic N) is 1. The molecule has 0 radical (unpaired) electrons. The fourth-order valence-electron chi connectivity index (χ4n) is 2.99. The SMILES string of the molecule is CCCOCc1ccc2c(c1)[nH]c(=O)c1ccc(CC(C)C(=O)O)n12. The lowest BCUT2D eigenvalue weighted by Gasteiger charge is -2.11. The van der Waals surface area contributed by atoms with Crippen LogP contribution in [0.4, 0.5) is 0 Å². The van der Waals surface area contributed by atoms with Gasteiger partial charge in [-0.15, -0.1) is 0 Å². The molecular formula is C19H22N2O4. The highest BCUT2D eigenvalue weighted by Crippen LogP contribution is 2.20. The molecule has 2 aromatic heterocycles. The van der Waals surface area contributed by atoms with E-state index in [2.05, 4.69) is 11.9 Å². The number of hydrogen-bond donors (Lipinski definition) is 2. The summed E-state index contributed by atoms with van der Waals surface area (Å²) in [7, 11) is 0. The Balaban J connectivity index is 2.08. The fourth-order valence-corrected chi connectivity index (χ4v) is 2.99. The second-order valence-electron chi connectivity index (χ2n) is 6.35. The van der Waals surface area contributed by atoms with E-state index in [0.717, 1.165) is 28.7 Å². The molecule has 0 spiro atoms. The molecular weight excluding hydrogens is 320 g/mol. The number of fused-ring (bicyclic) bond motifs is 3. The van der Waals surface area contributed by atoms with E-state index in [1.54, 1.807) is 13.0 Å². The third-order valence-corrected chi connectivity index (χ3v) is 4.30. The van der Waals surface area contributed by atoms with Gasteiger partial charge in [0.05, 0.1) is 23.6 Å². The number of aliphatic carboxylic acids is 1. The smallest absolute Gasteiger partial charge is 0.306 e. The van der Waals surface area contributed by atoms with Crippen LogP contribution in [0.2, 0.25) is 0 Å². The Bertz CT molecular complexity index is 971. The van der Waals surface area contributed by atoms with Gasteiger partial charge in [0.25, 0.3) is 5.56 Å². The highest BCUT2D eigenvalue weighted by Gasteiger charge is 2.16. The van der Waals surface area contributed by atoms with Gasteiger partial charge in [-0.3, -0.25) is 9.59 Å². The molecule has 132 valence electrons. The van der Waals surface area contributed by atoms with Crippen LogP contribution in [-0.2, 0) is 22.6 Å². The number of carboxylic acid groups (broad SMARTS) is 1. The van der Waals surface area contributed by atoms with E-state index in [9.17, 15) is 9.59 Å². The number of benzene rings is 1. The second-order valence-corrected chi connectivity index (χ2v) is 6.35. The summed E-state index contributed by atoms with van der Waals surface area (Å²) in [6.45, 7) is 4.92. The van der Waals surface area contributed by atoms with Crippen molar-refractivity contribution in [1.29, 1.82) is 0 Å². The fraction of sp³-hybridized carbons (Fsp3) is 0.368. The molecule has 0 aliphatic carbocycles. The molecule has 0 aliphatic rings. The Kier molecular flexibility index (Phi) is 4.90. The first-order chi connectivity index (χ1) is 12.0. The van der Waals surface area contributed by atoms with Crippen LogP contribution < -0.4 is 5.56 Å². The number of aromatic amines is 1. The first-order valence-electron chi connectivity index (χ1n) is 8.47. The van der Waals surface area contributed by atoms with Gasteiger partial charge < -0.3 is 19.2 Å². The number of nitrogens with one attached hydrogen (secondary N) is 1. The predicted molar refractivity (Wildman–Crippen MR) is 96.0 cm³/mol. The Morgan fingerprint density at radius 3 is 2.76 bits per heavy atom. The van der Waals surface area contributed by atoms with E-state index >= 15 is 0 Å². The first-order valence-corrected chi connectivity index (χ1v) is 8.47. The zero-order valence-corrected chi connectivity index (χ0v) is 14.4. The average Bonchev–Trinajstić information content (AvgIpc) is 2.99. The zero-order valence-electron chi connectivity index (χ0n) is 14.4. The van der Waals surface area contributed by atoms with Crippen molar-refractivity contribution < 1.29 is 14.6 Å². The number of carboxylic acids is 1. The van der Waals surface area contributed by atoms with E-state index in [4.69, 9.17) is 9.84 Å². The summed E-state index contributed by atoms with van der Waals surface area (Å²) in [5.41, 5.74) is 3.71. The van der Waals surface area contributed by atoms with Crippen LogP contribution in [-0.4, -0.2) is 27.1 Å². The molecule has 0 fully saturated rings. The van der Waals surface area contributed by atoms with Gasteiger partial charge in [0.15, 0.2) is 0 Å². The van der Waals surface area contributed by atoms with Crippen molar-refractivity contribution in [2.45, 2.75) is 33.3 Å². The minimum Gasteiger partial charge on any atom is -0.481 e. The highest BCUT2D eigenvalue weighted by atomic mass is 16.5. The van der Waals surface area contributed by atoms with Crippen molar-refractivity contribution in [1.82, 2.24) is 9.38 Å². The minimum atomic E-state index is -0.848. The quantitative estimate of drug-likeness (QED) is 0.647. The van der Waals surface area contributed by atoms with E-state index in [0.29, 0.717) is 25.2 Å². The summed E-state index contributed by atoms with van der Waals surface area (Å²) < 4.78 is 7.41. The number of rotatable bonds is 7. The number of ether oxygens (including phenoxy) is 1. The van der Waals surface area contributed by atoms with Crippen molar-refractivity contribution in [3.8, 4) is 0 Å². The lowest BCUT2D eigenvalue weighted by Crippen LogP contribution is -2.15. The van der Waals surface area contributed by atoms with Gasteiger partial charge in [-0.1, -0.05) is 19.9 Å². The van der Waals surface area contributed by atoms with Crippen molar-refractivity contribution in [2.75, 3.05) is 6.61 Å². The largest absolute Gasteiger partial charge is 0.481 e. The van der Waals surface area contributed by atoms with Crippen LogP contribution in [0.1, 0.15) is 31.5 Å². The maximum absolute atomic E-state index is 12.4. The van der Waals surface area contributed by atoms with Gasteiger partial charge in [0, 0.05) is 18.7 Å². The summed E-state index contributed by atoms with van der Waals surface area (Å²) in [5, 5.41) is 9.17. The molecule has 0 aliphatic heterocycles. The van der Waals surface area contributed by atoms with Crippen molar-refractivity contribution >= 4 is 22.5 Å². The molecule has 1 aromatic carbocycles. The Morgan fingerprint density at radius 2 is 2.04 bits per heavy atom. The van der Waals surface area contributed by atoms with E-state index in [1.807, 2.05) is 28.7 Å². The van der Waals surface area contributed by atoms with Crippen LogP contribution in [0, 0.1) is 5.92 Å². The molecule has 1 atom stereocenters. The molecule has 0 saturated heterocycles. The Morgan fingerprint density at radius 1 is 1.28 bits per heavy atom. The van der Waals surface area contributed by atoms with E-state index in [1.165, 1.54) is 0 Å². The van der Waals surface area contributed by atoms with Crippen LogP contribution >= 0.6 is 0 Å². The lowest BCUT2D eigenvalue weighted by molar-refractivity contribution is -0.141. The monoisotopic (exact) mass is 342 g/mol. The molecule has 1 unspecified atom stereocenters. The number of H-pyrrole nitrogens is 1. The predicted octanol–water partition coefficient (Wildman–Crippen LogP) is 2.97. The Labute approximate surface area is 145 Å². The lowest BCUT2D eigenvalue weighted by atomic mass is 10.1. The van der Waals surface area contributed by atoms with Gasteiger partial charge in [-0.2, -0.15) is 0 Å². The number of aromatic nitrogens is 2. The van der Waals surface area contributed by atoms with Crippen LogP contribution in [0.25, 0.3) is 16.6 Å². The molecule has 0 amide bonds. The van der Waals surface area contributed by atoms with Crippen LogP contribution in [0.15, 0.2) is 35.1 Å². The molecule has 6 nitrogen and oxygen atoms in total. The molecule has 0 bridgehead atoms. The van der Waals surface area contributed by atoms with Gasteiger partial charge >= 0.3 is 5.97 Å². The van der Waals surface area contributed by atoms with Crippen molar-refractivity contribution in [3.63, 3.8) is 0 Å². The first kappa shape index (κ1) is 17.2. The number of hydrogen-bond acceptors (Lipinski definition) is 3. The van der Waals surface area contributed by atoms with Gasteiger partial charge in [0.1, 0.15) is 5.52 Å². The van der Waals surface area contributed by atoms with Crippen molar-refractivity contribution in [3.05, 3.63) is 51.9 Å². The molecule has 3 rings (SSSR count). The van der Waals surface area contributed by atoms with E-state index < -0.39 is 11.9 Å². The summed E-state index contributed by atoms with van der Waals surface area (Å²) >= 11 is 0. The molecule has 2 N–H and O–H groups in total. The molecule has 6 heteroatoms. The summed E-state index contributed by atoms with van der Waals surface area (Å²) in [6, 6.07) is 9.39. The van der Waals surface area contributed by atoms with Gasteiger partial charge in [-0.25, -0.2) is 0 Å². The summed E-state index contributed by atoms with van der Waals surface area (Å²) in [5.74, 6) is -1.37. The van der Waals surface area contributed by atoms with Crippen molar-refractivity contribution in [2.24, 2.45) is 5.92 Å². The van der Waals surface area contributed by atoms with Crippen LogP contribution in [0.3, 0.4) is 0 Å². The van der Waals surface area contributed by atoms with Crippen LogP contribution in [0.5, 0.6) is 0 Å². The average molecular weight is 342 g/mol. The molecule has 25 heavy (non-hydrogen) atoms. The third kappa shape index (κ3) is 3.44. The molecule has 2 heterocycles. The standard InChI is InChI=1S/C19H22N2O4/c1-3-8-25-11-13-4-6-16-15(10-13)20-18(22)17-7-5-14(21(16)17)9-12(2)19(23)24/h4-7,10,12H,3,8-9,11H2,1-2H3,(H,20,22)(H,23,24). The van der Waals surface area contributed by atoms with E-state index in [-0.39, 0.29) is 5.56 Å². The highest BCUT2D eigenvalue weighted by molar-refractivity contribution is 5.79. The maximum Gasteiger partial charge on any atom is 0.306 e.